The molecule has 0 aliphatic carbocycles. The summed E-state index contributed by atoms with van der Waals surface area (Å²) in [5, 5.41) is 1.69. The van der Waals surface area contributed by atoms with Crippen LogP contribution in [0.15, 0.2) is 30.5 Å². The van der Waals surface area contributed by atoms with Crippen LogP contribution in [0.3, 0.4) is 0 Å². The zero-order valence-electron chi connectivity index (χ0n) is 7.85. The number of rotatable bonds is 1. The average molecular weight is 384 g/mol. The fourth-order valence-electron chi connectivity index (χ4n) is 1.31. The maximum absolute atomic E-state index is 6.13. The van der Waals surface area contributed by atoms with E-state index in [1.807, 2.05) is 6.07 Å². The first-order valence-corrected chi connectivity index (χ1v) is 6.55. The van der Waals surface area contributed by atoms with E-state index in [1.165, 1.54) is 0 Å². The van der Waals surface area contributed by atoms with Crippen LogP contribution in [-0.4, -0.2) is 4.98 Å². The summed E-state index contributed by atoms with van der Waals surface area (Å²) in [6.07, 6.45) is 1.71. The van der Waals surface area contributed by atoms with E-state index in [1.54, 1.807) is 24.4 Å². The van der Waals surface area contributed by atoms with Crippen molar-refractivity contribution in [1.82, 2.24) is 4.98 Å². The average Bonchev–Trinajstić information content (AvgIpc) is 2.19. The second kappa shape index (κ2) is 5.08. The van der Waals surface area contributed by atoms with Crippen molar-refractivity contribution in [2.24, 2.45) is 0 Å². The van der Waals surface area contributed by atoms with E-state index in [9.17, 15) is 0 Å². The van der Waals surface area contributed by atoms with Gasteiger partial charge in [0.2, 0.25) is 0 Å². The van der Waals surface area contributed by atoms with Crippen LogP contribution in [0.25, 0.3) is 11.1 Å². The lowest BCUT2D eigenvalue weighted by molar-refractivity contribution is 1.31. The second-order valence-corrected chi connectivity index (χ2v) is 5.50. The van der Waals surface area contributed by atoms with Gasteiger partial charge < -0.3 is 0 Å². The summed E-state index contributed by atoms with van der Waals surface area (Å²) >= 11 is 20.0. The van der Waals surface area contributed by atoms with E-state index >= 15 is 0 Å². The summed E-state index contributed by atoms with van der Waals surface area (Å²) in [5.74, 6) is 0. The van der Waals surface area contributed by atoms with Crippen LogP contribution in [0.5, 0.6) is 0 Å². The Kier molecular flexibility index (Phi) is 3.95. The summed E-state index contributed by atoms with van der Waals surface area (Å²) in [7, 11) is 0. The minimum absolute atomic E-state index is 0.471. The van der Waals surface area contributed by atoms with Gasteiger partial charge in [-0.1, -0.05) is 40.9 Å². The Balaban J connectivity index is 2.59. The Bertz CT molecular complexity index is 493. The fourth-order valence-corrected chi connectivity index (χ4v) is 2.89. The number of hydrogen-bond donors (Lipinski definition) is 0. The minimum Gasteiger partial charge on any atom is -0.244 e. The molecule has 1 aromatic heterocycles. The largest absolute Gasteiger partial charge is 0.244 e. The van der Waals surface area contributed by atoms with E-state index in [0.29, 0.717) is 15.2 Å². The van der Waals surface area contributed by atoms with Crippen molar-refractivity contribution in [3.63, 3.8) is 0 Å². The molecule has 0 aliphatic rings. The molecule has 0 unspecified atom stereocenters. The Hall–Kier alpha value is -0.0300. The molecular formula is C11H5Cl3IN. The summed E-state index contributed by atoms with van der Waals surface area (Å²) < 4.78 is 1.00. The molecule has 0 bridgehead atoms. The molecule has 0 saturated carbocycles. The van der Waals surface area contributed by atoms with Gasteiger partial charge in [0.25, 0.3) is 0 Å². The van der Waals surface area contributed by atoms with Crippen molar-refractivity contribution in [1.29, 1.82) is 0 Å². The number of nitrogens with zero attached hydrogens (tertiary/aromatic N) is 1. The van der Waals surface area contributed by atoms with Crippen molar-refractivity contribution >= 4 is 57.4 Å². The molecule has 0 atom stereocenters. The molecule has 5 heteroatoms. The van der Waals surface area contributed by atoms with Crippen molar-refractivity contribution in [3.05, 3.63) is 49.2 Å². The van der Waals surface area contributed by atoms with E-state index in [2.05, 4.69) is 27.6 Å². The quantitative estimate of drug-likeness (QED) is 0.479. The molecule has 16 heavy (non-hydrogen) atoms. The van der Waals surface area contributed by atoms with Gasteiger partial charge in [-0.05, 0) is 40.8 Å². The van der Waals surface area contributed by atoms with Crippen molar-refractivity contribution in [3.8, 4) is 11.1 Å². The molecule has 0 saturated heterocycles. The van der Waals surface area contributed by atoms with Crippen LogP contribution in [0, 0.1) is 3.57 Å². The van der Waals surface area contributed by atoms with Crippen molar-refractivity contribution in [2.75, 3.05) is 0 Å². The molecule has 0 fully saturated rings. The SMILES string of the molecule is Clc1ccc(-c2cnc(Cl)cc2I)c(Cl)c1. The third-order valence-electron chi connectivity index (χ3n) is 2.04. The summed E-state index contributed by atoms with van der Waals surface area (Å²) in [5.41, 5.74) is 1.85. The van der Waals surface area contributed by atoms with Crippen LogP contribution < -0.4 is 0 Å². The molecule has 0 amide bonds. The second-order valence-electron chi connectivity index (χ2n) is 3.11. The summed E-state index contributed by atoms with van der Waals surface area (Å²) in [6, 6.07) is 7.18. The molecule has 1 heterocycles. The highest BCUT2D eigenvalue weighted by Gasteiger charge is 2.08. The highest BCUT2D eigenvalue weighted by Crippen LogP contribution is 2.33. The van der Waals surface area contributed by atoms with Gasteiger partial charge >= 0.3 is 0 Å². The summed E-state index contributed by atoms with van der Waals surface area (Å²) in [6.45, 7) is 0. The zero-order valence-corrected chi connectivity index (χ0v) is 12.3. The monoisotopic (exact) mass is 383 g/mol. The van der Waals surface area contributed by atoms with Crippen molar-refractivity contribution in [2.45, 2.75) is 0 Å². The summed E-state index contributed by atoms with van der Waals surface area (Å²) in [4.78, 5) is 4.05. The van der Waals surface area contributed by atoms with Crippen LogP contribution in [0.2, 0.25) is 15.2 Å². The van der Waals surface area contributed by atoms with Crippen LogP contribution in [0.1, 0.15) is 0 Å². The maximum Gasteiger partial charge on any atom is 0.130 e. The minimum atomic E-state index is 0.471. The van der Waals surface area contributed by atoms with Gasteiger partial charge in [0.1, 0.15) is 5.15 Å². The Morgan fingerprint density at radius 2 is 1.75 bits per heavy atom. The van der Waals surface area contributed by atoms with Gasteiger partial charge in [0, 0.05) is 30.9 Å². The first kappa shape index (κ1) is 12.4. The number of aromatic nitrogens is 1. The molecule has 0 N–H and O–H groups in total. The Morgan fingerprint density at radius 3 is 2.38 bits per heavy atom. The lowest BCUT2D eigenvalue weighted by atomic mass is 10.1. The highest BCUT2D eigenvalue weighted by atomic mass is 127. The fraction of sp³-hybridized carbons (Fsp3) is 0. The van der Waals surface area contributed by atoms with Gasteiger partial charge in [-0.25, -0.2) is 4.98 Å². The van der Waals surface area contributed by atoms with E-state index in [-0.39, 0.29) is 0 Å². The Morgan fingerprint density at radius 1 is 1.00 bits per heavy atom. The van der Waals surface area contributed by atoms with E-state index in [4.69, 9.17) is 34.8 Å². The van der Waals surface area contributed by atoms with Crippen LogP contribution in [-0.2, 0) is 0 Å². The molecule has 1 aromatic carbocycles. The number of halogens is 4. The highest BCUT2D eigenvalue weighted by molar-refractivity contribution is 14.1. The van der Waals surface area contributed by atoms with Crippen molar-refractivity contribution < 1.29 is 0 Å². The van der Waals surface area contributed by atoms with Gasteiger partial charge in [-0.15, -0.1) is 0 Å². The lowest BCUT2D eigenvalue weighted by Crippen LogP contribution is -1.87. The van der Waals surface area contributed by atoms with Crippen LogP contribution in [0.4, 0.5) is 0 Å². The molecule has 1 nitrogen and oxygen atoms in total. The Labute approximate surface area is 122 Å². The maximum atomic E-state index is 6.13. The topological polar surface area (TPSA) is 12.9 Å². The van der Waals surface area contributed by atoms with Gasteiger partial charge in [-0.2, -0.15) is 0 Å². The van der Waals surface area contributed by atoms with E-state index < -0.39 is 0 Å². The predicted octanol–water partition coefficient (Wildman–Crippen LogP) is 5.31. The molecule has 0 spiro atoms. The zero-order chi connectivity index (χ0) is 11.7. The molecule has 82 valence electrons. The first-order chi connectivity index (χ1) is 7.58. The van der Waals surface area contributed by atoms with Gasteiger partial charge in [0.05, 0.1) is 0 Å². The predicted molar refractivity (Wildman–Crippen MR) is 77.4 cm³/mol. The molecule has 0 aliphatic heterocycles. The number of benzene rings is 1. The third-order valence-corrected chi connectivity index (χ3v) is 3.69. The number of hydrogen-bond acceptors (Lipinski definition) is 1. The number of pyridine rings is 1. The standard InChI is InChI=1S/C11H5Cl3IN/c12-6-1-2-7(9(13)3-6)8-5-16-11(14)4-10(8)15/h1-5H. The third kappa shape index (κ3) is 2.62. The lowest BCUT2D eigenvalue weighted by Gasteiger charge is -2.07. The molecule has 0 radical (unpaired) electrons. The van der Waals surface area contributed by atoms with Gasteiger partial charge in [0.15, 0.2) is 0 Å². The molecule has 2 aromatic rings. The van der Waals surface area contributed by atoms with Gasteiger partial charge in [-0.3, -0.25) is 0 Å². The first-order valence-electron chi connectivity index (χ1n) is 4.34. The smallest absolute Gasteiger partial charge is 0.130 e. The van der Waals surface area contributed by atoms with Crippen LogP contribution >= 0.6 is 57.4 Å². The molecular weight excluding hydrogens is 379 g/mol. The normalized spacial score (nSPS) is 10.5. The van der Waals surface area contributed by atoms with E-state index in [0.717, 1.165) is 14.7 Å². The molecule has 2 rings (SSSR count).